The molecule has 2 rings (SSSR count). The number of hydrogen-bond donors (Lipinski definition) is 1. The van der Waals surface area contributed by atoms with Crippen molar-refractivity contribution < 1.29 is 14.6 Å². The van der Waals surface area contributed by atoms with Gasteiger partial charge in [-0.25, -0.2) is 0 Å². The van der Waals surface area contributed by atoms with E-state index >= 15 is 0 Å². The molecular weight excluding hydrogens is 304 g/mol. The molecule has 24 heavy (non-hydrogen) atoms. The van der Waals surface area contributed by atoms with Gasteiger partial charge in [-0.05, 0) is 37.6 Å². The number of aliphatic hydroxyl groups excluding tert-OH is 1. The average Bonchev–Trinajstić information content (AvgIpc) is 2.61. The Morgan fingerprint density at radius 1 is 1.25 bits per heavy atom. The van der Waals surface area contributed by atoms with E-state index < -0.39 is 0 Å². The van der Waals surface area contributed by atoms with Crippen LogP contribution in [-0.4, -0.2) is 67.5 Å². The lowest BCUT2D eigenvalue weighted by molar-refractivity contribution is 0.0366. The van der Waals surface area contributed by atoms with Gasteiger partial charge >= 0.3 is 0 Å². The van der Waals surface area contributed by atoms with Crippen molar-refractivity contribution in [2.75, 3.05) is 46.5 Å². The Hall–Kier alpha value is -1.30. The summed E-state index contributed by atoms with van der Waals surface area (Å²) in [7, 11) is 1.66. The van der Waals surface area contributed by atoms with Crippen LogP contribution in [-0.2, 0) is 0 Å². The summed E-state index contributed by atoms with van der Waals surface area (Å²) in [6.07, 6.45) is 0.952. The van der Waals surface area contributed by atoms with E-state index in [0.29, 0.717) is 12.6 Å². The number of likely N-dealkylation sites (N-methyl/N-ethyl adjacent to an activating group) is 1. The van der Waals surface area contributed by atoms with Crippen LogP contribution in [0.4, 0.5) is 0 Å². The summed E-state index contributed by atoms with van der Waals surface area (Å²) in [5.41, 5.74) is 1.08. The number of methoxy groups -OCH3 is 1. The summed E-state index contributed by atoms with van der Waals surface area (Å²) in [6, 6.07) is 6.50. The van der Waals surface area contributed by atoms with Gasteiger partial charge in [0.15, 0.2) is 11.5 Å². The van der Waals surface area contributed by atoms with Crippen molar-refractivity contribution in [2.24, 2.45) is 0 Å². The minimum absolute atomic E-state index is 0.00124. The van der Waals surface area contributed by atoms with E-state index in [2.05, 4.69) is 30.6 Å². The molecule has 1 heterocycles. The molecule has 1 saturated heterocycles. The Labute approximate surface area is 146 Å². The molecule has 0 bridgehead atoms. The summed E-state index contributed by atoms with van der Waals surface area (Å²) >= 11 is 0. The normalized spacial score (nSPS) is 20.8. The van der Waals surface area contributed by atoms with E-state index in [1.165, 1.54) is 0 Å². The van der Waals surface area contributed by atoms with Crippen molar-refractivity contribution in [3.8, 4) is 11.5 Å². The maximum atomic E-state index is 10.0. The third-order valence-electron chi connectivity index (χ3n) is 4.85. The van der Waals surface area contributed by atoms with Gasteiger partial charge in [0, 0.05) is 25.7 Å². The predicted molar refractivity (Wildman–Crippen MR) is 96.9 cm³/mol. The van der Waals surface area contributed by atoms with Crippen molar-refractivity contribution in [3.63, 3.8) is 0 Å². The number of benzene rings is 1. The van der Waals surface area contributed by atoms with Crippen LogP contribution >= 0.6 is 0 Å². The van der Waals surface area contributed by atoms with Crippen molar-refractivity contribution >= 4 is 0 Å². The quantitative estimate of drug-likeness (QED) is 0.790. The van der Waals surface area contributed by atoms with Crippen LogP contribution in [0.5, 0.6) is 11.5 Å². The molecule has 136 valence electrons. The molecule has 0 saturated carbocycles. The first-order valence-corrected chi connectivity index (χ1v) is 9.04. The van der Waals surface area contributed by atoms with Crippen molar-refractivity contribution in [1.29, 1.82) is 0 Å². The highest BCUT2D eigenvalue weighted by Crippen LogP contribution is 2.33. The second kappa shape index (κ2) is 9.25. The Bertz CT molecular complexity index is 509. The third-order valence-corrected chi connectivity index (χ3v) is 4.85. The Morgan fingerprint density at radius 2 is 2.04 bits per heavy atom. The number of rotatable bonds is 8. The molecule has 0 spiro atoms. The Balaban J connectivity index is 2.17. The van der Waals surface area contributed by atoms with Crippen LogP contribution in [0.25, 0.3) is 0 Å². The van der Waals surface area contributed by atoms with E-state index in [4.69, 9.17) is 9.47 Å². The summed E-state index contributed by atoms with van der Waals surface area (Å²) in [5, 5.41) is 10.0. The van der Waals surface area contributed by atoms with Crippen molar-refractivity contribution in [3.05, 3.63) is 23.8 Å². The van der Waals surface area contributed by atoms with E-state index in [-0.39, 0.29) is 12.6 Å². The maximum Gasteiger partial charge on any atom is 0.161 e. The summed E-state index contributed by atoms with van der Waals surface area (Å²) < 4.78 is 11.2. The maximum absolute atomic E-state index is 10.0. The zero-order valence-electron chi connectivity index (χ0n) is 15.5. The standard InChI is InChI=1S/C19H32N2O3/c1-5-11-24-19-12-16(7-8-18(19)23-4)17(14-22)21-10-9-20(6-2)15(3)13-21/h7-8,12,15,17,22H,5-6,9-11,13-14H2,1-4H3. The van der Waals surface area contributed by atoms with Crippen LogP contribution < -0.4 is 9.47 Å². The second-order valence-corrected chi connectivity index (χ2v) is 6.43. The molecule has 1 aliphatic heterocycles. The topological polar surface area (TPSA) is 45.2 Å². The molecule has 1 fully saturated rings. The van der Waals surface area contributed by atoms with Gasteiger partial charge in [0.05, 0.1) is 26.4 Å². The first-order valence-electron chi connectivity index (χ1n) is 9.04. The number of nitrogens with zero attached hydrogens (tertiary/aromatic N) is 2. The Morgan fingerprint density at radius 3 is 2.62 bits per heavy atom. The molecule has 0 aliphatic carbocycles. The monoisotopic (exact) mass is 336 g/mol. The lowest BCUT2D eigenvalue weighted by Crippen LogP contribution is -2.53. The number of ether oxygens (including phenoxy) is 2. The van der Waals surface area contributed by atoms with Gasteiger partial charge in [-0.2, -0.15) is 0 Å². The SMILES string of the molecule is CCCOc1cc(C(CO)N2CCN(CC)C(C)C2)ccc1OC. The number of aliphatic hydroxyl groups is 1. The molecule has 1 aliphatic rings. The van der Waals surface area contributed by atoms with Gasteiger partial charge in [-0.15, -0.1) is 0 Å². The van der Waals surface area contributed by atoms with Gasteiger partial charge < -0.3 is 14.6 Å². The zero-order chi connectivity index (χ0) is 17.5. The largest absolute Gasteiger partial charge is 0.493 e. The van der Waals surface area contributed by atoms with Crippen LogP contribution in [0.15, 0.2) is 18.2 Å². The minimum atomic E-state index is 0.00124. The van der Waals surface area contributed by atoms with Gasteiger partial charge in [-0.1, -0.05) is 19.9 Å². The van der Waals surface area contributed by atoms with Crippen molar-refractivity contribution in [2.45, 2.75) is 39.3 Å². The smallest absolute Gasteiger partial charge is 0.161 e. The van der Waals surface area contributed by atoms with Crippen LogP contribution in [0.3, 0.4) is 0 Å². The molecule has 0 aromatic heterocycles. The van der Waals surface area contributed by atoms with E-state index in [1.54, 1.807) is 7.11 Å². The zero-order valence-corrected chi connectivity index (χ0v) is 15.5. The highest BCUT2D eigenvalue weighted by molar-refractivity contribution is 5.44. The molecule has 1 aromatic carbocycles. The molecule has 5 nitrogen and oxygen atoms in total. The van der Waals surface area contributed by atoms with Crippen LogP contribution in [0.1, 0.15) is 38.8 Å². The fourth-order valence-corrected chi connectivity index (χ4v) is 3.43. The number of piperazine rings is 1. The fourth-order valence-electron chi connectivity index (χ4n) is 3.43. The van der Waals surface area contributed by atoms with Gasteiger partial charge in [0.1, 0.15) is 0 Å². The average molecular weight is 336 g/mol. The lowest BCUT2D eigenvalue weighted by atomic mass is 10.0. The summed E-state index contributed by atoms with van der Waals surface area (Å²) in [6.45, 7) is 11.4. The molecule has 1 aromatic rings. The summed E-state index contributed by atoms with van der Waals surface area (Å²) in [4.78, 5) is 4.86. The van der Waals surface area contributed by atoms with Gasteiger partial charge in [0.2, 0.25) is 0 Å². The molecule has 2 atom stereocenters. The molecule has 0 radical (unpaired) electrons. The predicted octanol–water partition coefficient (Wildman–Crippen LogP) is 2.54. The van der Waals surface area contributed by atoms with Gasteiger partial charge in [0.25, 0.3) is 0 Å². The fraction of sp³-hybridized carbons (Fsp3) is 0.684. The molecular formula is C19H32N2O3. The first-order chi connectivity index (χ1) is 11.6. The molecule has 0 amide bonds. The molecule has 2 unspecified atom stereocenters. The van der Waals surface area contributed by atoms with E-state index in [0.717, 1.165) is 49.7 Å². The van der Waals surface area contributed by atoms with E-state index in [1.807, 2.05) is 18.2 Å². The summed E-state index contributed by atoms with van der Waals surface area (Å²) in [5.74, 6) is 1.50. The minimum Gasteiger partial charge on any atom is -0.493 e. The second-order valence-electron chi connectivity index (χ2n) is 6.43. The van der Waals surface area contributed by atoms with E-state index in [9.17, 15) is 5.11 Å². The number of hydrogen-bond acceptors (Lipinski definition) is 5. The lowest BCUT2D eigenvalue weighted by Gasteiger charge is -2.42. The van der Waals surface area contributed by atoms with Crippen molar-refractivity contribution in [1.82, 2.24) is 9.80 Å². The highest BCUT2D eigenvalue weighted by Gasteiger charge is 2.28. The van der Waals surface area contributed by atoms with Crippen LogP contribution in [0, 0.1) is 0 Å². The Kier molecular flexibility index (Phi) is 7.34. The molecule has 1 N–H and O–H groups in total. The third kappa shape index (κ3) is 4.41. The molecule has 5 heteroatoms. The highest BCUT2D eigenvalue weighted by atomic mass is 16.5. The van der Waals surface area contributed by atoms with Crippen LogP contribution in [0.2, 0.25) is 0 Å². The first kappa shape index (κ1) is 19.0. The van der Waals surface area contributed by atoms with Gasteiger partial charge in [-0.3, -0.25) is 9.80 Å².